The molecule has 2 atom stereocenters. The molecule has 0 amide bonds. The predicted molar refractivity (Wildman–Crippen MR) is 72.4 cm³/mol. The van der Waals surface area contributed by atoms with Crippen molar-refractivity contribution >= 4 is 0 Å². The molecule has 92 valence electrons. The van der Waals surface area contributed by atoms with E-state index in [1.54, 1.807) is 11.1 Å². The van der Waals surface area contributed by atoms with E-state index < -0.39 is 0 Å². The van der Waals surface area contributed by atoms with E-state index in [2.05, 4.69) is 36.1 Å². The highest BCUT2D eigenvalue weighted by molar-refractivity contribution is 5.34. The summed E-state index contributed by atoms with van der Waals surface area (Å²) in [5.41, 5.74) is 3.27. The van der Waals surface area contributed by atoms with Crippen molar-refractivity contribution in [2.45, 2.75) is 51.0 Å². The van der Waals surface area contributed by atoms with Gasteiger partial charge < -0.3 is 0 Å². The number of benzene rings is 1. The van der Waals surface area contributed by atoms with Gasteiger partial charge in [-0.3, -0.25) is 4.90 Å². The average Bonchev–Trinajstić information content (AvgIpc) is 2.39. The van der Waals surface area contributed by atoms with E-state index in [4.69, 9.17) is 0 Å². The molecule has 17 heavy (non-hydrogen) atoms. The molecule has 2 aliphatic rings. The van der Waals surface area contributed by atoms with Crippen LogP contribution in [0.3, 0.4) is 0 Å². The Bertz CT molecular complexity index is 383. The van der Waals surface area contributed by atoms with Crippen molar-refractivity contribution in [2.24, 2.45) is 0 Å². The van der Waals surface area contributed by atoms with Crippen molar-refractivity contribution in [1.82, 2.24) is 4.90 Å². The minimum atomic E-state index is 0.820. The molecule has 1 heteroatoms. The van der Waals surface area contributed by atoms with Gasteiger partial charge >= 0.3 is 0 Å². The standard InChI is InChI=1S/C16H23N/c1-2-11-17-12-5-8-15-14-7-4-3-6-13(14)9-10-16(15)17/h3-4,6-7,15-16H,2,5,8-12H2,1H3/t15-,16+/m1/s1. The number of piperidine rings is 1. The molecular weight excluding hydrogens is 206 g/mol. The maximum absolute atomic E-state index is 2.75. The summed E-state index contributed by atoms with van der Waals surface area (Å²) in [5, 5.41) is 0. The monoisotopic (exact) mass is 229 g/mol. The van der Waals surface area contributed by atoms with Gasteiger partial charge in [-0.15, -0.1) is 0 Å². The Kier molecular flexibility index (Phi) is 3.19. The third-order valence-electron chi connectivity index (χ3n) is 4.57. The van der Waals surface area contributed by atoms with Crippen LogP contribution in [0.4, 0.5) is 0 Å². The van der Waals surface area contributed by atoms with Gasteiger partial charge in [0, 0.05) is 6.04 Å². The second-order valence-corrected chi connectivity index (χ2v) is 5.59. The van der Waals surface area contributed by atoms with Crippen molar-refractivity contribution < 1.29 is 0 Å². The van der Waals surface area contributed by atoms with Crippen LogP contribution in [0.15, 0.2) is 24.3 Å². The Morgan fingerprint density at radius 1 is 1.24 bits per heavy atom. The molecule has 3 rings (SSSR count). The number of rotatable bonds is 2. The van der Waals surface area contributed by atoms with Gasteiger partial charge in [-0.2, -0.15) is 0 Å². The summed E-state index contributed by atoms with van der Waals surface area (Å²) in [5.74, 6) is 0.820. The van der Waals surface area contributed by atoms with Crippen LogP contribution in [-0.4, -0.2) is 24.0 Å². The van der Waals surface area contributed by atoms with E-state index in [-0.39, 0.29) is 0 Å². The van der Waals surface area contributed by atoms with Crippen LogP contribution in [0.25, 0.3) is 0 Å². The van der Waals surface area contributed by atoms with E-state index in [0.717, 1.165) is 12.0 Å². The van der Waals surface area contributed by atoms with E-state index in [1.807, 2.05) is 0 Å². The number of hydrogen-bond donors (Lipinski definition) is 0. The summed E-state index contributed by atoms with van der Waals surface area (Å²) >= 11 is 0. The second kappa shape index (κ2) is 4.81. The lowest BCUT2D eigenvalue weighted by atomic mass is 9.74. The predicted octanol–water partition coefficient (Wildman–Crippen LogP) is 3.59. The number of hydrogen-bond acceptors (Lipinski definition) is 1. The molecule has 0 aromatic heterocycles. The SMILES string of the molecule is CCCN1CCC[C@@H]2c3ccccc3CC[C@@H]21. The first-order valence-electron chi connectivity index (χ1n) is 7.22. The Hall–Kier alpha value is -0.820. The van der Waals surface area contributed by atoms with Gasteiger partial charge in [0.25, 0.3) is 0 Å². The lowest BCUT2D eigenvalue weighted by Crippen LogP contribution is -2.46. The molecule has 1 aromatic rings. The third kappa shape index (κ3) is 2.01. The molecule has 1 aliphatic carbocycles. The minimum Gasteiger partial charge on any atom is -0.300 e. The Morgan fingerprint density at radius 3 is 3.00 bits per heavy atom. The fourth-order valence-corrected chi connectivity index (χ4v) is 3.87. The van der Waals surface area contributed by atoms with Gasteiger partial charge in [0.1, 0.15) is 0 Å². The maximum Gasteiger partial charge on any atom is 0.0167 e. The van der Waals surface area contributed by atoms with E-state index in [0.29, 0.717) is 0 Å². The average molecular weight is 229 g/mol. The molecule has 0 radical (unpaired) electrons. The van der Waals surface area contributed by atoms with Crippen LogP contribution >= 0.6 is 0 Å². The molecule has 0 unspecified atom stereocenters. The molecule has 0 N–H and O–H groups in total. The zero-order valence-electron chi connectivity index (χ0n) is 10.9. The van der Waals surface area contributed by atoms with Crippen LogP contribution < -0.4 is 0 Å². The highest BCUT2D eigenvalue weighted by Gasteiger charge is 2.35. The molecule has 0 spiro atoms. The minimum absolute atomic E-state index is 0.820. The Morgan fingerprint density at radius 2 is 2.12 bits per heavy atom. The summed E-state index contributed by atoms with van der Waals surface area (Å²) in [6, 6.07) is 9.97. The first-order valence-corrected chi connectivity index (χ1v) is 7.22. The summed E-state index contributed by atoms with van der Waals surface area (Å²) in [7, 11) is 0. The zero-order chi connectivity index (χ0) is 11.7. The number of fused-ring (bicyclic) bond motifs is 3. The molecule has 1 aliphatic heterocycles. The maximum atomic E-state index is 2.75. The molecule has 1 fully saturated rings. The van der Waals surface area contributed by atoms with Gasteiger partial charge in [0.15, 0.2) is 0 Å². The topological polar surface area (TPSA) is 3.24 Å². The van der Waals surface area contributed by atoms with E-state index >= 15 is 0 Å². The number of nitrogens with zero attached hydrogens (tertiary/aromatic N) is 1. The normalized spacial score (nSPS) is 28.5. The van der Waals surface area contributed by atoms with Gasteiger partial charge in [-0.1, -0.05) is 31.2 Å². The van der Waals surface area contributed by atoms with Crippen LogP contribution in [-0.2, 0) is 6.42 Å². The molecule has 1 saturated heterocycles. The summed E-state index contributed by atoms with van der Waals surface area (Å²) in [6.07, 6.45) is 6.75. The second-order valence-electron chi connectivity index (χ2n) is 5.59. The molecule has 0 bridgehead atoms. The number of likely N-dealkylation sites (tertiary alicyclic amines) is 1. The zero-order valence-corrected chi connectivity index (χ0v) is 10.9. The highest BCUT2D eigenvalue weighted by atomic mass is 15.2. The van der Waals surface area contributed by atoms with Crippen LogP contribution in [0, 0.1) is 0 Å². The van der Waals surface area contributed by atoms with Gasteiger partial charge in [-0.25, -0.2) is 0 Å². The third-order valence-corrected chi connectivity index (χ3v) is 4.57. The fraction of sp³-hybridized carbons (Fsp3) is 0.625. The van der Waals surface area contributed by atoms with Crippen molar-refractivity contribution in [3.8, 4) is 0 Å². The summed E-state index contributed by atoms with van der Waals surface area (Å²) in [6.45, 7) is 4.93. The van der Waals surface area contributed by atoms with E-state index in [1.165, 1.54) is 45.2 Å². The molecule has 0 saturated carbocycles. The van der Waals surface area contributed by atoms with Crippen molar-refractivity contribution in [3.05, 3.63) is 35.4 Å². The quantitative estimate of drug-likeness (QED) is 0.749. The van der Waals surface area contributed by atoms with Crippen LogP contribution in [0.2, 0.25) is 0 Å². The highest BCUT2D eigenvalue weighted by Crippen LogP contribution is 2.40. The Balaban J connectivity index is 1.88. The summed E-state index contributed by atoms with van der Waals surface area (Å²) in [4.78, 5) is 2.75. The first-order chi connectivity index (χ1) is 8.40. The largest absolute Gasteiger partial charge is 0.300 e. The molecule has 1 aromatic carbocycles. The van der Waals surface area contributed by atoms with Crippen molar-refractivity contribution in [3.63, 3.8) is 0 Å². The Labute approximate surface area is 105 Å². The number of aryl methyl sites for hydroxylation is 1. The van der Waals surface area contributed by atoms with Crippen molar-refractivity contribution in [1.29, 1.82) is 0 Å². The molecular formula is C16H23N. The summed E-state index contributed by atoms with van der Waals surface area (Å²) < 4.78 is 0. The van der Waals surface area contributed by atoms with Crippen molar-refractivity contribution in [2.75, 3.05) is 13.1 Å². The molecule has 1 heterocycles. The van der Waals surface area contributed by atoms with Gasteiger partial charge in [-0.05, 0) is 62.2 Å². The van der Waals surface area contributed by atoms with Crippen LogP contribution in [0.1, 0.15) is 49.7 Å². The van der Waals surface area contributed by atoms with Crippen LogP contribution in [0.5, 0.6) is 0 Å². The lowest BCUT2D eigenvalue weighted by molar-refractivity contribution is 0.113. The van der Waals surface area contributed by atoms with Gasteiger partial charge in [0.2, 0.25) is 0 Å². The fourth-order valence-electron chi connectivity index (χ4n) is 3.87. The van der Waals surface area contributed by atoms with Gasteiger partial charge in [0.05, 0.1) is 0 Å². The lowest BCUT2D eigenvalue weighted by Gasteiger charge is -2.45. The van der Waals surface area contributed by atoms with E-state index in [9.17, 15) is 0 Å². The smallest absolute Gasteiger partial charge is 0.0167 e. The first kappa shape index (κ1) is 11.3. The molecule has 1 nitrogen and oxygen atoms in total.